The first-order valence-corrected chi connectivity index (χ1v) is 5.85. The number of aromatic nitrogens is 2. The molecule has 0 atom stereocenters. The van der Waals surface area contributed by atoms with Crippen molar-refractivity contribution >= 4 is 5.82 Å². The Balaban J connectivity index is 1.60. The van der Waals surface area contributed by atoms with Crippen LogP contribution in [0.4, 0.5) is 5.82 Å². The fraction of sp³-hybridized carbons (Fsp3) is 0.385. The second-order valence-corrected chi connectivity index (χ2v) is 4.64. The molecule has 0 N–H and O–H groups in total. The van der Waals surface area contributed by atoms with Crippen LogP contribution in [0.3, 0.4) is 0 Å². The number of aryl methyl sites for hydroxylation is 1. The Morgan fingerprint density at radius 3 is 3.06 bits per heavy atom. The highest BCUT2D eigenvalue weighted by Crippen LogP contribution is 2.27. The van der Waals surface area contributed by atoms with Gasteiger partial charge in [0.05, 0.1) is 12.5 Å². The Hall–Kier alpha value is -1.84. The molecule has 1 aliphatic heterocycles. The molecule has 3 heterocycles. The van der Waals surface area contributed by atoms with Crippen molar-refractivity contribution in [2.75, 3.05) is 18.0 Å². The van der Waals surface area contributed by atoms with Crippen molar-refractivity contribution in [1.82, 2.24) is 9.97 Å². The normalized spacial score (nSPS) is 15.9. The van der Waals surface area contributed by atoms with E-state index in [9.17, 15) is 0 Å². The summed E-state index contributed by atoms with van der Waals surface area (Å²) in [5.74, 6) is 1.78. The summed E-state index contributed by atoms with van der Waals surface area (Å²) in [6.45, 7) is 4.20. The van der Waals surface area contributed by atoms with Gasteiger partial charge in [0, 0.05) is 24.8 Å². The fourth-order valence-electron chi connectivity index (χ4n) is 2.34. The molecule has 0 aliphatic carbocycles. The molecular weight excluding hydrogens is 214 g/mol. The Morgan fingerprint density at radius 1 is 1.47 bits per heavy atom. The molecular formula is C13H15N3O. The molecule has 2 aromatic rings. The number of hydrogen-bond donors (Lipinski definition) is 0. The molecule has 0 amide bonds. The van der Waals surface area contributed by atoms with Crippen molar-refractivity contribution in [3.8, 4) is 0 Å². The Morgan fingerprint density at radius 2 is 2.35 bits per heavy atom. The van der Waals surface area contributed by atoms with Crippen LogP contribution < -0.4 is 4.90 Å². The van der Waals surface area contributed by atoms with Gasteiger partial charge in [-0.15, -0.1) is 0 Å². The maximum atomic E-state index is 5.08. The van der Waals surface area contributed by atoms with Gasteiger partial charge in [0.2, 0.25) is 0 Å². The lowest BCUT2D eigenvalue weighted by molar-refractivity contribution is 0.402. The van der Waals surface area contributed by atoms with Crippen molar-refractivity contribution < 1.29 is 4.42 Å². The van der Waals surface area contributed by atoms with Crippen LogP contribution in [0.15, 0.2) is 35.5 Å². The monoisotopic (exact) mass is 229 g/mol. The first-order valence-electron chi connectivity index (χ1n) is 5.85. The fourth-order valence-corrected chi connectivity index (χ4v) is 2.34. The predicted molar refractivity (Wildman–Crippen MR) is 64.9 cm³/mol. The zero-order chi connectivity index (χ0) is 11.7. The average Bonchev–Trinajstić information content (AvgIpc) is 2.77. The van der Waals surface area contributed by atoms with E-state index in [-0.39, 0.29) is 0 Å². The standard InChI is InChI=1S/C13H15N3O/c1-10-5-14-9-15-13(10)16-6-12(7-16)4-11-2-3-17-8-11/h2-3,5,8-9,12H,4,6-7H2,1H3. The molecule has 0 saturated carbocycles. The molecule has 4 nitrogen and oxygen atoms in total. The van der Waals surface area contributed by atoms with Crippen molar-refractivity contribution in [2.45, 2.75) is 13.3 Å². The quantitative estimate of drug-likeness (QED) is 0.808. The van der Waals surface area contributed by atoms with Crippen LogP contribution >= 0.6 is 0 Å². The van der Waals surface area contributed by atoms with Crippen molar-refractivity contribution in [2.24, 2.45) is 5.92 Å². The van der Waals surface area contributed by atoms with Crippen molar-refractivity contribution in [3.63, 3.8) is 0 Å². The molecule has 4 heteroatoms. The molecule has 1 fully saturated rings. The van der Waals surface area contributed by atoms with Crippen molar-refractivity contribution in [3.05, 3.63) is 42.2 Å². The van der Waals surface area contributed by atoms with Crippen LogP contribution in [0.5, 0.6) is 0 Å². The smallest absolute Gasteiger partial charge is 0.134 e. The maximum Gasteiger partial charge on any atom is 0.134 e. The highest BCUT2D eigenvalue weighted by molar-refractivity contribution is 5.47. The molecule has 1 aliphatic rings. The third kappa shape index (κ3) is 2.02. The highest BCUT2D eigenvalue weighted by Gasteiger charge is 2.28. The number of hydrogen-bond acceptors (Lipinski definition) is 4. The van der Waals surface area contributed by atoms with E-state index in [2.05, 4.69) is 21.8 Å². The van der Waals surface area contributed by atoms with Crippen LogP contribution in [0, 0.1) is 12.8 Å². The zero-order valence-corrected chi connectivity index (χ0v) is 9.84. The summed E-state index contributed by atoms with van der Waals surface area (Å²) in [5.41, 5.74) is 2.43. The number of anilines is 1. The second-order valence-electron chi connectivity index (χ2n) is 4.64. The molecule has 0 unspecified atom stereocenters. The summed E-state index contributed by atoms with van der Waals surface area (Å²) in [6, 6.07) is 2.04. The van der Waals surface area contributed by atoms with E-state index < -0.39 is 0 Å². The van der Waals surface area contributed by atoms with Crippen LogP contribution in [-0.4, -0.2) is 23.1 Å². The molecule has 1 saturated heterocycles. The van der Waals surface area contributed by atoms with E-state index >= 15 is 0 Å². The van der Waals surface area contributed by atoms with Crippen molar-refractivity contribution in [1.29, 1.82) is 0 Å². The first kappa shape index (κ1) is 10.3. The molecule has 3 rings (SSSR count). The van der Waals surface area contributed by atoms with Gasteiger partial charge >= 0.3 is 0 Å². The summed E-state index contributed by atoms with van der Waals surface area (Å²) < 4.78 is 5.08. The third-order valence-electron chi connectivity index (χ3n) is 3.23. The Labute approximate surface area is 100 Å². The van der Waals surface area contributed by atoms with E-state index in [1.165, 1.54) is 5.56 Å². The largest absolute Gasteiger partial charge is 0.472 e. The average molecular weight is 229 g/mol. The van der Waals surface area contributed by atoms with Gasteiger partial charge in [-0.1, -0.05) is 0 Å². The van der Waals surface area contributed by atoms with Crippen LogP contribution in [-0.2, 0) is 6.42 Å². The number of rotatable bonds is 3. The minimum absolute atomic E-state index is 0.710. The van der Waals surface area contributed by atoms with Gasteiger partial charge in [-0.05, 0) is 30.9 Å². The van der Waals surface area contributed by atoms with Gasteiger partial charge in [-0.2, -0.15) is 0 Å². The van der Waals surface area contributed by atoms with E-state index in [4.69, 9.17) is 4.42 Å². The first-order chi connectivity index (χ1) is 8.33. The summed E-state index contributed by atoms with van der Waals surface area (Å²) in [6.07, 6.45) is 8.15. The number of nitrogens with zero attached hydrogens (tertiary/aromatic N) is 3. The minimum Gasteiger partial charge on any atom is -0.472 e. The topological polar surface area (TPSA) is 42.2 Å². The van der Waals surface area contributed by atoms with Crippen LogP contribution in [0.1, 0.15) is 11.1 Å². The summed E-state index contributed by atoms with van der Waals surface area (Å²) in [4.78, 5) is 10.7. The molecule has 2 aromatic heterocycles. The molecule has 0 aromatic carbocycles. The van der Waals surface area contributed by atoms with Gasteiger partial charge in [-0.3, -0.25) is 0 Å². The maximum absolute atomic E-state index is 5.08. The Bertz CT molecular complexity index is 489. The lowest BCUT2D eigenvalue weighted by Gasteiger charge is -2.40. The minimum atomic E-state index is 0.710. The summed E-state index contributed by atoms with van der Waals surface area (Å²) >= 11 is 0. The summed E-state index contributed by atoms with van der Waals surface area (Å²) in [5, 5.41) is 0. The van der Waals surface area contributed by atoms with Crippen LogP contribution in [0.2, 0.25) is 0 Å². The van der Waals surface area contributed by atoms with Gasteiger partial charge in [0.1, 0.15) is 12.1 Å². The van der Waals surface area contributed by atoms with Gasteiger partial charge in [0.25, 0.3) is 0 Å². The van der Waals surface area contributed by atoms with E-state index in [1.807, 2.05) is 18.5 Å². The zero-order valence-electron chi connectivity index (χ0n) is 9.84. The SMILES string of the molecule is Cc1cncnc1N1CC(Cc2ccoc2)C1. The lowest BCUT2D eigenvalue weighted by atomic mass is 9.93. The molecule has 88 valence electrons. The molecule has 17 heavy (non-hydrogen) atoms. The lowest BCUT2D eigenvalue weighted by Crippen LogP contribution is -2.48. The van der Waals surface area contributed by atoms with Gasteiger partial charge in [-0.25, -0.2) is 9.97 Å². The molecule has 0 radical (unpaired) electrons. The highest BCUT2D eigenvalue weighted by atomic mass is 16.3. The predicted octanol–water partition coefficient (Wildman–Crippen LogP) is 2.06. The van der Waals surface area contributed by atoms with E-state index in [1.54, 1.807) is 12.6 Å². The van der Waals surface area contributed by atoms with Crippen LogP contribution in [0.25, 0.3) is 0 Å². The molecule has 0 bridgehead atoms. The number of furan rings is 1. The van der Waals surface area contributed by atoms with Gasteiger partial charge < -0.3 is 9.32 Å². The summed E-state index contributed by atoms with van der Waals surface area (Å²) in [7, 11) is 0. The second kappa shape index (κ2) is 4.20. The van der Waals surface area contributed by atoms with E-state index in [0.29, 0.717) is 5.92 Å². The van der Waals surface area contributed by atoms with E-state index in [0.717, 1.165) is 30.9 Å². The molecule has 0 spiro atoms. The third-order valence-corrected chi connectivity index (χ3v) is 3.23. The van der Waals surface area contributed by atoms with Gasteiger partial charge in [0.15, 0.2) is 0 Å². The Kier molecular flexibility index (Phi) is 2.55.